The zero-order valence-corrected chi connectivity index (χ0v) is 10.1. The van der Waals surface area contributed by atoms with Gasteiger partial charge in [-0.2, -0.15) is 0 Å². The molecule has 0 radical (unpaired) electrons. The lowest BCUT2D eigenvalue weighted by Gasteiger charge is -2.06. The Kier molecular flexibility index (Phi) is 6.23. The Morgan fingerprint density at radius 2 is 2.53 bits per heavy atom. The van der Waals surface area contributed by atoms with Gasteiger partial charge in [-0.25, -0.2) is 4.98 Å². The molecule has 1 aromatic rings. The topological polar surface area (TPSA) is 34.2 Å². The average molecular weight is 226 g/mol. The van der Waals surface area contributed by atoms with Crippen LogP contribution in [-0.4, -0.2) is 31.8 Å². The number of hydrogen-bond acceptors (Lipinski definition) is 4. The lowest BCUT2D eigenvalue weighted by Crippen LogP contribution is -2.21. The van der Waals surface area contributed by atoms with Crippen LogP contribution >= 0.6 is 11.3 Å². The maximum atomic E-state index is 4.97. The third-order valence-corrected chi connectivity index (χ3v) is 2.70. The van der Waals surface area contributed by atoms with Crippen molar-refractivity contribution in [3.8, 4) is 0 Å². The molecule has 0 spiro atoms. The summed E-state index contributed by atoms with van der Waals surface area (Å²) in [4.78, 5) is 4.24. The van der Waals surface area contributed by atoms with Crippen molar-refractivity contribution < 1.29 is 4.74 Å². The van der Waals surface area contributed by atoms with Gasteiger partial charge >= 0.3 is 0 Å². The van der Waals surface area contributed by atoms with Gasteiger partial charge in [-0.3, -0.25) is 0 Å². The second kappa shape index (κ2) is 7.56. The van der Waals surface area contributed by atoms with Crippen molar-refractivity contribution in [2.45, 2.75) is 13.3 Å². The molecule has 1 rings (SSSR count). The summed E-state index contributed by atoms with van der Waals surface area (Å²) in [6.07, 6.45) is 3.20. The lowest BCUT2D eigenvalue weighted by molar-refractivity contribution is 0.200. The van der Waals surface area contributed by atoms with Crippen LogP contribution in [0.3, 0.4) is 0 Å². The Morgan fingerprint density at radius 1 is 1.67 bits per heavy atom. The van der Waals surface area contributed by atoms with Crippen molar-refractivity contribution in [1.29, 1.82) is 0 Å². The summed E-state index contributed by atoms with van der Waals surface area (Å²) < 4.78 is 4.97. The Labute approximate surface area is 95.2 Å². The van der Waals surface area contributed by atoms with Gasteiger partial charge in [0.15, 0.2) is 0 Å². The summed E-state index contributed by atoms with van der Waals surface area (Å²) in [6, 6.07) is 0. The first-order valence-corrected chi connectivity index (χ1v) is 6.08. The molecule has 0 saturated heterocycles. The first-order valence-electron chi connectivity index (χ1n) is 5.14. The zero-order valence-electron chi connectivity index (χ0n) is 9.32. The van der Waals surface area contributed by atoms with E-state index in [0.717, 1.165) is 31.8 Å². The molecule has 0 saturated carbocycles. The van der Waals surface area contributed by atoms with Crippen molar-refractivity contribution in [3.05, 3.63) is 22.2 Å². The number of hydrogen-bond donors (Lipinski definition) is 1. The molecule has 3 nitrogen and oxygen atoms in total. The van der Waals surface area contributed by atoms with Gasteiger partial charge in [0.25, 0.3) is 0 Å². The minimum absolute atomic E-state index is 0.758. The predicted molar refractivity (Wildman–Crippen MR) is 65.1 cm³/mol. The first-order chi connectivity index (χ1) is 7.36. The van der Waals surface area contributed by atoms with Crippen LogP contribution in [-0.2, 0) is 4.74 Å². The minimum Gasteiger partial charge on any atom is -0.383 e. The molecule has 1 aromatic heterocycles. The van der Waals surface area contributed by atoms with Crippen molar-refractivity contribution in [1.82, 2.24) is 10.3 Å². The van der Waals surface area contributed by atoms with E-state index in [4.69, 9.17) is 4.74 Å². The van der Waals surface area contributed by atoms with E-state index in [1.807, 2.05) is 5.51 Å². The highest BCUT2D eigenvalue weighted by atomic mass is 32.1. The molecule has 1 heterocycles. The molecular formula is C11H18N2OS. The summed E-state index contributed by atoms with van der Waals surface area (Å²) in [5, 5.41) is 5.39. The lowest BCUT2D eigenvalue weighted by atomic mass is 10.2. The molecule has 1 N–H and O–H groups in total. The van der Waals surface area contributed by atoms with Crippen molar-refractivity contribution in [2.75, 3.05) is 26.8 Å². The van der Waals surface area contributed by atoms with E-state index in [-0.39, 0.29) is 0 Å². The maximum Gasteiger partial charge on any atom is 0.0798 e. The van der Waals surface area contributed by atoms with Gasteiger partial charge in [-0.1, -0.05) is 12.5 Å². The summed E-state index contributed by atoms with van der Waals surface area (Å²) in [6.45, 7) is 4.73. The third-order valence-electron chi connectivity index (χ3n) is 2.09. The minimum atomic E-state index is 0.758. The van der Waals surface area contributed by atoms with Crippen molar-refractivity contribution >= 4 is 17.4 Å². The number of thiazole rings is 1. The third kappa shape index (κ3) is 5.06. The van der Waals surface area contributed by atoms with E-state index in [1.165, 1.54) is 5.57 Å². The van der Waals surface area contributed by atoms with E-state index in [0.29, 0.717) is 0 Å². The Hall–Kier alpha value is -0.710. The largest absolute Gasteiger partial charge is 0.383 e. The van der Waals surface area contributed by atoms with Crippen LogP contribution in [0.4, 0.5) is 0 Å². The van der Waals surface area contributed by atoms with E-state index in [2.05, 4.69) is 28.7 Å². The molecule has 0 aromatic carbocycles. The fourth-order valence-electron chi connectivity index (χ4n) is 1.20. The Morgan fingerprint density at radius 3 is 3.13 bits per heavy atom. The molecule has 0 bridgehead atoms. The highest BCUT2D eigenvalue weighted by molar-refractivity contribution is 7.07. The average Bonchev–Trinajstić information content (AvgIpc) is 2.75. The number of methoxy groups -OCH3 is 1. The van der Waals surface area contributed by atoms with E-state index >= 15 is 0 Å². The summed E-state index contributed by atoms with van der Waals surface area (Å²) in [5.41, 5.74) is 4.29. The van der Waals surface area contributed by atoms with Gasteiger partial charge in [0.2, 0.25) is 0 Å². The van der Waals surface area contributed by atoms with Gasteiger partial charge in [0.05, 0.1) is 17.8 Å². The van der Waals surface area contributed by atoms with Gasteiger partial charge in [0, 0.05) is 25.6 Å². The molecule has 0 atom stereocenters. The Bertz CT molecular complexity index is 283. The molecule has 0 aliphatic carbocycles. The first kappa shape index (κ1) is 12.4. The van der Waals surface area contributed by atoms with Gasteiger partial charge < -0.3 is 10.1 Å². The highest BCUT2D eigenvalue weighted by Crippen LogP contribution is 2.09. The molecule has 0 aliphatic heterocycles. The predicted octanol–water partition coefficient (Wildman–Crippen LogP) is 2.17. The van der Waals surface area contributed by atoms with Crippen LogP contribution in [0.15, 0.2) is 16.5 Å². The number of nitrogens with one attached hydrogen (secondary N) is 1. The van der Waals surface area contributed by atoms with Crippen LogP contribution in [0.2, 0.25) is 0 Å². The van der Waals surface area contributed by atoms with E-state index in [1.54, 1.807) is 18.4 Å². The van der Waals surface area contributed by atoms with Gasteiger partial charge in [-0.05, 0) is 12.5 Å². The van der Waals surface area contributed by atoms with Crippen LogP contribution in [0.25, 0.3) is 6.08 Å². The summed E-state index contributed by atoms with van der Waals surface area (Å²) >= 11 is 1.63. The fraction of sp³-hybridized carbons (Fsp3) is 0.545. The van der Waals surface area contributed by atoms with Crippen LogP contribution in [0, 0.1) is 0 Å². The number of rotatable bonds is 7. The number of aromatic nitrogens is 1. The quantitative estimate of drug-likeness (QED) is 0.724. The number of ether oxygens (including phenoxy) is 1. The van der Waals surface area contributed by atoms with Gasteiger partial charge in [0.1, 0.15) is 0 Å². The maximum absolute atomic E-state index is 4.97. The smallest absolute Gasteiger partial charge is 0.0798 e. The number of nitrogens with zero attached hydrogens (tertiary/aromatic N) is 1. The van der Waals surface area contributed by atoms with Crippen molar-refractivity contribution in [2.24, 2.45) is 0 Å². The van der Waals surface area contributed by atoms with Crippen molar-refractivity contribution in [3.63, 3.8) is 0 Å². The standard InChI is InChI=1S/C11H18N2OS/c1-3-10(7-12-4-5-14-2)6-11-8-15-9-13-11/h6,8-9,12H,3-5,7H2,1-2H3. The summed E-state index contributed by atoms with van der Waals surface area (Å²) in [5.74, 6) is 0. The van der Waals surface area contributed by atoms with E-state index < -0.39 is 0 Å². The molecular weight excluding hydrogens is 208 g/mol. The fourth-order valence-corrected chi connectivity index (χ4v) is 1.72. The zero-order chi connectivity index (χ0) is 10.9. The SMILES string of the molecule is CCC(=Cc1cscn1)CNCCOC. The molecule has 0 fully saturated rings. The second-order valence-corrected chi connectivity index (χ2v) is 3.96. The van der Waals surface area contributed by atoms with Crippen LogP contribution < -0.4 is 5.32 Å². The molecule has 4 heteroatoms. The molecule has 0 aliphatic rings. The van der Waals surface area contributed by atoms with Crippen LogP contribution in [0.5, 0.6) is 0 Å². The molecule has 84 valence electrons. The highest BCUT2D eigenvalue weighted by Gasteiger charge is 1.96. The van der Waals surface area contributed by atoms with Crippen LogP contribution in [0.1, 0.15) is 19.0 Å². The molecule has 0 amide bonds. The second-order valence-electron chi connectivity index (χ2n) is 3.24. The normalized spacial score (nSPS) is 12.0. The van der Waals surface area contributed by atoms with Gasteiger partial charge in [-0.15, -0.1) is 11.3 Å². The Balaban J connectivity index is 2.35. The van der Waals surface area contributed by atoms with E-state index in [9.17, 15) is 0 Å². The monoisotopic (exact) mass is 226 g/mol. The molecule has 0 unspecified atom stereocenters. The summed E-state index contributed by atoms with van der Waals surface area (Å²) in [7, 11) is 1.72. The molecule has 15 heavy (non-hydrogen) atoms.